The van der Waals surface area contributed by atoms with Crippen molar-refractivity contribution >= 4 is 5.97 Å². The maximum absolute atomic E-state index is 11.5. The van der Waals surface area contributed by atoms with Crippen molar-refractivity contribution < 1.29 is 19.0 Å². The number of esters is 1. The monoisotopic (exact) mass is 306 g/mol. The number of nitrogens with zero attached hydrogens (tertiary/aromatic N) is 4. The molecule has 0 saturated heterocycles. The van der Waals surface area contributed by atoms with E-state index in [-0.39, 0.29) is 6.61 Å². The summed E-state index contributed by atoms with van der Waals surface area (Å²) in [5.41, 5.74) is 0.391. The molecular weight excluding hydrogens is 288 g/mol. The van der Waals surface area contributed by atoms with Gasteiger partial charge in [0.25, 0.3) is 0 Å². The van der Waals surface area contributed by atoms with Gasteiger partial charge in [0.15, 0.2) is 17.3 Å². The molecule has 8 nitrogen and oxygen atoms in total. The Morgan fingerprint density at radius 2 is 2.09 bits per heavy atom. The second kappa shape index (κ2) is 7.39. The fourth-order valence-electron chi connectivity index (χ4n) is 1.89. The van der Waals surface area contributed by atoms with Crippen molar-refractivity contribution in [3.05, 3.63) is 29.6 Å². The molecule has 2 aromatic rings. The van der Waals surface area contributed by atoms with Gasteiger partial charge in [0.1, 0.15) is 6.61 Å². The average Bonchev–Trinajstić information content (AvgIpc) is 2.99. The van der Waals surface area contributed by atoms with E-state index in [0.717, 1.165) is 13.0 Å². The van der Waals surface area contributed by atoms with Crippen LogP contribution in [0.1, 0.15) is 29.5 Å². The standard InChI is InChI=1S/C14H18N4O4/c1-4-7-18-13(15-16-17-18)9-22-11-6-5-10(14(19)21-3)8-12(11)20-2/h5-6,8H,4,7,9H2,1-3H3. The van der Waals surface area contributed by atoms with Crippen LogP contribution in [0, 0.1) is 0 Å². The molecule has 2 rings (SSSR count). The molecule has 0 atom stereocenters. The Kier molecular flexibility index (Phi) is 5.29. The van der Waals surface area contributed by atoms with Crippen molar-refractivity contribution in [3.8, 4) is 11.5 Å². The zero-order valence-corrected chi connectivity index (χ0v) is 12.8. The Labute approximate surface area is 128 Å². The summed E-state index contributed by atoms with van der Waals surface area (Å²) >= 11 is 0. The second-order valence-corrected chi connectivity index (χ2v) is 4.46. The van der Waals surface area contributed by atoms with Gasteiger partial charge in [-0.1, -0.05) is 6.92 Å². The van der Waals surface area contributed by atoms with Crippen molar-refractivity contribution in [2.45, 2.75) is 26.5 Å². The lowest BCUT2D eigenvalue weighted by Crippen LogP contribution is -2.09. The molecular formula is C14H18N4O4. The van der Waals surface area contributed by atoms with Gasteiger partial charge in [-0.15, -0.1) is 5.10 Å². The SMILES string of the molecule is CCCn1nnnc1COc1ccc(C(=O)OC)cc1OC. The lowest BCUT2D eigenvalue weighted by molar-refractivity contribution is 0.0600. The first-order chi connectivity index (χ1) is 10.7. The lowest BCUT2D eigenvalue weighted by Gasteiger charge is -2.11. The zero-order chi connectivity index (χ0) is 15.9. The van der Waals surface area contributed by atoms with Crippen molar-refractivity contribution in [1.82, 2.24) is 20.2 Å². The molecule has 0 fully saturated rings. The van der Waals surface area contributed by atoms with Crippen LogP contribution in [0.5, 0.6) is 11.5 Å². The second-order valence-electron chi connectivity index (χ2n) is 4.46. The van der Waals surface area contributed by atoms with Gasteiger partial charge in [-0.25, -0.2) is 9.48 Å². The summed E-state index contributed by atoms with van der Waals surface area (Å²) in [6.07, 6.45) is 0.926. The summed E-state index contributed by atoms with van der Waals surface area (Å²) in [5, 5.41) is 11.5. The molecule has 0 amide bonds. The Morgan fingerprint density at radius 3 is 2.77 bits per heavy atom. The van der Waals surface area contributed by atoms with E-state index in [4.69, 9.17) is 9.47 Å². The number of tetrazole rings is 1. The Morgan fingerprint density at radius 1 is 1.27 bits per heavy atom. The van der Waals surface area contributed by atoms with Gasteiger partial charge in [0, 0.05) is 6.54 Å². The molecule has 0 aliphatic rings. The Hall–Kier alpha value is -2.64. The molecule has 0 radical (unpaired) electrons. The highest BCUT2D eigenvalue weighted by molar-refractivity contribution is 5.90. The third kappa shape index (κ3) is 3.51. The third-order valence-electron chi connectivity index (χ3n) is 2.98. The number of hydrogen-bond donors (Lipinski definition) is 0. The molecule has 1 heterocycles. The summed E-state index contributed by atoms with van der Waals surface area (Å²) in [6.45, 7) is 2.98. The van der Waals surface area contributed by atoms with E-state index in [0.29, 0.717) is 22.9 Å². The molecule has 0 aliphatic carbocycles. The van der Waals surface area contributed by atoms with Crippen molar-refractivity contribution in [3.63, 3.8) is 0 Å². The van der Waals surface area contributed by atoms with Crippen LogP contribution in [0.2, 0.25) is 0 Å². The zero-order valence-electron chi connectivity index (χ0n) is 12.8. The van der Waals surface area contributed by atoms with Gasteiger partial charge in [-0.05, 0) is 35.0 Å². The van der Waals surface area contributed by atoms with E-state index in [1.165, 1.54) is 14.2 Å². The highest BCUT2D eigenvalue weighted by Crippen LogP contribution is 2.28. The molecule has 0 spiro atoms. The van der Waals surface area contributed by atoms with Crippen molar-refractivity contribution in [1.29, 1.82) is 0 Å². The summed E-state index contributed by atoms with van der Waals surface area (Å²) in [7, 11) is 2.83. The first-order valence-electron chi connectivity index (χ1n) is 6.83. The predicted octanol–water partition coefficient (Wildman–Crippen LogP) is 1.46. The normalized spacial score (nSPS) is 10.3. The smallest absolute Gasteiger partial charge is 0.337 e. The summed E-state index contributed by atoms with van der Waals surface area (Å²) < 4.78 is 17.3. The number of aromatic nitrogens is 4. The Balaban J connectivity index is 2.12. The Bertz CT molecular complexity index is 642. The maximum atomic E-state index is 11.5. The molecule has 0 bridgehead atoms. The van der Waals surface area contributed by atoms with Crippen LogP contribution in [0.3, 0.4) is 0 Å². The van der Waals surface area contributed by atoms with Crippen molar-refractivity contribution in [2.75, 3.05) is 14.2 Å². The van der Waals surface area contributed by atoms with Crippen LogP contribution in [0.25, 0.3) is 0 Å². The molecule has 8 heteroatoms. The van der Waals surface area contributed by atoms with Crippen LogP contribution in [-0.2, 0) is 17.9 Å². The number of carbonyl (C=O) groups is 1. The fraction of sp³-hybridized carbons (Fsp3) is 0.429. The third-order valence-corrected chi connectivity index (χ3v) is 2.98. The number of ether oxygens (including phenoxy) is 3. The van der Waals surface area contributed by atoms with Gasteiger partial charge in [0.2, 0.25) is 0 Å². The molecule has 0 unspecified atom stereocenters. The highest BCUT2D eigenvalue weighted by Gasteiger charge is 2.13. The van der Waals surface area contributed by atoms with E-state index in [9.17, 15) is 4.79 Å². The lowest BCUT2D eigenvalue weighted by atomic mass is 10.2. The topological polar surface area (TPSA) is 88.4 Å². The number of rotatable bonds is 7. The summed E-state index contributed by atoms with van der Waals surface area (Å²) in [4.78, 5) is 11.5. The molecule has 118 valence electrons. The molecule has 0 aliphatic heterocycles. The van der Waals surface area contributed by atoms with E-state index < -0.39 is 5.97 Å². The van der Waals surface area contributed by atoms with E-state index >= 15 is 0 Å². The number of carbonyl (C=O) groups excluding carboxylic acids is 1. The van der Waals surface area contributed by atoms with Gasteiger partial charge >= 0.3 is 5.97 Å². The number of benzene rings is 1. The minimum Gasteiger partial charge on any atom is -0.493 e. The highest BCUT2D eigenvalue weighted by atomic mass is 16.5. The maximum Gasteiger partial charge on any atom is 0.337 e. The predicted molar refractivity (Wildman–Crippen MR) is 76.8 cm³/mol. The quantitative estimate of drug-likeness (QED) is 0.715. The molecule has 0 N–H and O–H groups in total. The summed E-state index contributed by atoms with van der Waals surface area (Å²) in [6, 6.07) is 4.83. The van der Waals surface area contributed by atoms with Gasteiger partial charge in [0.05, 0.1) is 19.8 Å². The minimum absolute atomic E-state index is 0.209. The van der Waals surface area contributed by atoms with Gasteiger partial charge in [-0.3, -0.25) is 0 Å². The fourth-order valence-corrected chi connectivity index (χ4v) is 1.89. The van der Waals surface area contributed by atoms with Crippen LogP contribution in [-0.4, -0.2) is 40.4 Å². The number of methoxy groups -OCH3 is 2. The molecule has 1 aromatic heterocycles. The largest absolute Gasteiger partial charge is 0.493 e. The first-order valence-corrected chi connectivity index (χ1v) is 6.83. The van der Waals surface area contributed by atoms with Crippen LogP contribution < -0.4 is 9.47 Å². The van der Waals surface area contributed by atoms with E-state index in [2.05, 4.69) is 20.3 Å². The van der Waals surface area contributed by atoms with Gasteiger partial charge < -0.3 is 14.2 Å². The van der Waals surface area contributed by atoms with Crippen LogP contribution in [0.15, 0.2) is 18.2 Å². The summed E-state index contributed by atoms with van der Waals surface area (Å²) in [5.74, 6) is 1.14. The molecule has 22 heavy (non-hydrogen) atoms. The van der Waals surface area contributed by atoms with Crippen molar-refractivity contribution in [2.24, 2.45) is 0 Å². The van der Waals surface area contributed by atoms with Gasteiger partial charge in [-0.2, -0.15) is 0 Å². The number of aryl methyl sites for hydroxylation is 1. The van der Waals surface area contributed by atoms with E-state index in [1.54, 1.807) is 22.9 Å². The van der Waals surface area contributed by atoms with Crippen LogP contribution >= 0.6 is 0 Å². The average molecular weight is 306 g/mol. The number of hydrogen-bond acceptors (Lipinski definition) is 7. The minimum atomic E-state index is -0.434. The van der Waals surface area contributed by atoms with Crippen LogP contribution in [0.4, 0.5) is 0 Å². The molecule has 1 aromatic carbocycles. The first kappa shape index (κ1) is 15.7. The molecule has 0 saturated carbocycles. The van der Waals surface area contributed by atoms with E-state index in [1.807, 2.05) is 6.92 Å².